The van der Waals surface area contributed by atoms with E-state index in [1.165, 1.54) is 24.4 Å². The molecule has 2 aromatic heterocycles. The highest BCUT2D eigenvalue weighted by atomic mass is 35.5. The van der Waals surface area contributed by atoms with Crippen molar-refractivity contribution in [3.63, 3.8) is 0 Å². The highest BCUT2D eigenvalue weighted by Crippen LogP contribution is 2.48. The third kappa shape index (κ3) is 5.85. The maximum absolute atomic E-state index is 11.6. The molecule has 0 radical (unpaired) electrons. The van der Waals surface area contributed by atoms with E-state index in [0.29, 0.717) is 40.9 Å². The molecule has 5 atom stereocenters. The average molecular weight is 563 g/mol. The predicted molar refractivity (Wildman–Crippen MR) is 159 cm³/mol. The number of halogens is 1. The third-order valence-corrected chi connectivity index (χ3v) is 8.34. The number of pyridine rings is 1. The standard InChI is InChI=1S/C30H35ClN6O3/c1-16-7-17-8-19(12-30(2,40)11-17)27(16)37-28(25-9-20(15-34-25)18-3-6-26(39)35-14-18)22(13-32)29(33)36-24-5-4-21(38)10-23(24)31/h3-6,9-10,13-17,19,27,34,38,40H,7-8,11-12,32H2,1-2H3,(H2,33,36)(H,35,39)/b22-13+,37-28?. The molecule has 2 fully saturated rings. The summed E-state index contributed by atoms with van der Waals surface area (Å²) in [6.07, 6.45) is 8.37. The van der Waals surface area contributed by atoms with Gasteiger partial charge in [0.05, 0.1) is 39.3 Å². The van der Waals surface area contributed by atoms with Crippen LogP contribution in [-0.4, -0.2) is 43.4 Å². The van der Waals surface area contributed by atoms with E-state index in [0.717, 1.165) is 30.4 Å². The molecule has 3 aromatic rings. The van der Waals surface area contributed by atoms with E-state index >= 15 is 0 Å². The van der Waals surface area contributed by atoms with Gasteiger partial charge in [-0.05, 0) is 80.2 Å². The predicted octanol–water partition coefficient (Wildman–Crippen LogP) is 4.63. The van der Waals surface area contributed by atoms with Gasteiger partial charge in [0.2, 0.25) is 5.56 Å². The molecule has 10 heteroatoms. The van der Waals surface area contributed by atoms with Crippen LogP contribution in [0.2, 0.25) is 5.02 Å². The van der Waals surface area contributed by atoms with Gasteiger partial charge in [-0.25, -0.2) is 4.99 Å². The van der Waals surface area contributed by atoms with Crippen molar-refractivity contribution in [1.82, 2.24) is 9.97 Å². The van der Waals surface area contributed by atoms with Crippen molar-refractivity contribution in [3.05, 3.63) is 81.6 Å². The van der Waals surface area contributed by atoms with Crippen molar-refractivity contribution < 1.29 is 10.2 Å². The van der Waals surface area contributed by atoms with Gasteiger partial charge in [-0.1, -0.05) is 18.5 Å². The molecular formula is C30H35ClN6O3. The van der Waals surface area contributed by atoms with Gasteiger partial charge in [0.1, 0.15) is 11.6 Å². The second-order valence-corrected chi connectivity index (χ2v) is 11.8. The number of hydrogen-bond donors (Lipinski definition) is 6. The molecule has 0 saturated heterocycles. The molecule has 210 valence electrons. The van der Waals surface area contributed by atoms with Crippen molar-refractivity contribution in [2.24, 2.45) is 39.2 Å². The van der Waals surface area contributed by atoms with E-state index in [9.17, 15) is 15.0 Å². The number of nitrogens with zero attached hydrogens (tertiary/aromatic N) is 2. The third-order valence-electron chi connectivity index (χ3n) is 8.04. The Labute approximate surface area is 237 Å². The first-order valence-corrected chi connectivity index (χ1v) is 13.8. The van der Waals surface area contributed by atoms with Crippen LogP contribution >= 0.6 is 11.6 Å². The number of phenolic OH excluding ortho intramolecular Hbond substituents is 1. The van der Waals surface area contributed by atoms with E-state index in [1.54, 1.807) is 18.3 Å². The van der Waals surface area contributed by atoms with E-state index in [4.69, 9.17) is 28.1 Å². The summed E-state index contributed by atoms with van der Waals surface area (Å²) in [7, 11) is 0. The van der Waals surface area contributed by atoms with Crippen LogP contribution in [0.25, 0.3) is 11.1 Å². The Balaban J connectivity index is 1.59. The largest absolute Gasteiger partial charge is 0.508 e. The van der Waals surface area contributed by atoms with Gasteiger partial charge >= 0.3 is 0 Å². The van der Waals surface area contributed by atoms with Crippen LogP contribution in [0.5, 0.6) is 5.75 Å². The Morgan fingerprint density at radius 1 is 1.12 bits per heavy atom. The Bertz CT molecular complexity index is 1530. The highest BCUT2D eigenvalue weighted by molar-refractivity contribution is 6.34. The van der Waals surface area contributed by atoms with E-state index < -0.39 is 5.60 Å². The number of benzene rings is 1. The first kappa shape index (κ1) is 27.7. The minimum atomic E-state index is -0.714. The lowest BCUT2D eigenvalue weighted by Gasteiger charge is -2.48. The molecule has 2 bridgehead atoms. The van der Waals surface area contributed by atoms with Crippen molar-refractivity contribution in [3.8, 4) is 16.9 Å². The topological polar surface area (TPSA) is 166 Å². The molecule has 0 aliphatic heterocycles. The zero-order valence-electron chi connectivity index (χ0n) is 22.6. The van der Waals surface area contributed by atoms with Gasteiger partial charge < -0.3 is 31.6 Å². The molecule has 9 nitrogen and oxygen atoms in total. The van der Waals surface area contributed by atoms with Gasteiger partial charge in [0.25, 0.3) is 0 Å². The minimum absolute atomic E-state index is 0.0218. The number of rotatable bonds is 6. The number of aliphatic hydroxyl groups is 1. The molecule has 5 rings (SSSR count). The number of H-pyrrole nitrogens is 2. The molecule has 5 unspecified atom stereocenters. The van der Waals surface area contributed by atoms with Gasteiger partial charge in [-0.3, -0.25) is 9.79 Å². The highest BCUT2D eigenvalue weighted by Gasteiger charge is 2.45. The first-order chi connectivity index (χ1) is 19.0. The van der Waals surface area contributed by atoms with Crippen LogP contribution in [0, 0.1) is 17.8 Å². The average Bonchev–Trinajstić information content (AvgIpc) is 3.37. The number of amidine groups is 1. The van der Waals surface area contributed by atoms with Crippen molar-refractivity contribution in [2.45, 2.75) is 51.2 Å². The molecular weight excluding hydrogens is 528 g/mol. The zero-order valence-corrected chi connectivity index (χ0v) is 23.3. The Morgan fingerprint density at radius 3 is 2.60 bits per heavy atom. The van der Waals surface area contributed by atoms with Crippen LogP contribution < -0.4 is 17.0 Å². The molecule has 1 aromatic carbocycles. The number of aliphatic imine (C=N–C) groups is 2. The van der Waals surface area contributed by atoms with Crippen LogP contribution in [0.3, 0.4) is 0 Å². The lowest BCUT2D eigenvalue weighted by Crippen LogP contribution is -2.47. The summed E-state index contributed by atoms with van der Waals surface area (Å²) < 4.78 is 0. The lowest BCUT2D eigenvalue weighted by atomic mass is 9.61. The van der Waals surface area contributed by atoms with Gasteiger partial charge in [-0.15, -0.1) is 0 Å². The Hall–Kier alpha value is -3.82. The molecule has 2 heterocycles. The fraction of sp³-hybridized carbons (Fsp3) is 0.367. The van der Waals surface area contributed by atoms with Gasteiger partial charge in [0, 0.05) is 36.3 Å². The number of hydrogen-bond acceptors (Lipinski definition) is 6. The molecule has 2 aliphatic carbocycles. The summed E-state index contributed by atoms with van der Waals surface area (Å²) in [5.41, 5.74) is 15.5. The summed E-state index contributed by atoms with van der Waals surface area (Å²) in [4.78, 5) is 27.4. The summed E-state index contributed by atoms with van der Waals surface area (Å²) in [5, 5.41) is 20.9. The van der Waals surface area contributed by atoms with Crippen molar-refractivity contribution in [1.29, 1.82) is 0 Å². The number of aromatic nitrogens is 2. The van der Waals surface area contributed by atoms with E-state index in [-0.39, 0.29) is 34.1 Å². The quantitative estimate of drug-likeness (QED) is 0.190. The van der Waals surface area contributed by atoms with Gasteiger partial charge in [0.15, 0.2) is 0 Å². The smallest absolute Gasteiger partial charge is 0.247 e. The number of phenols is 1. The Morgan fingerprint density at radius 2 is 1.90 bits per heavy atom. The molecule has 8 N–H and O–H groups in total. The van der Waals surface area contributed by atoms with Crippen LogP contribution in [0.15, 0.2) is 75.3 Å². The van der Waals surface area contributed by atoms with Crippen molar-refractivity contribution in [2.75, 3.05) is 0 Å². The maximum atomic E-state index is 11.6. The molecule has 40 heavy (non-hydrogen) atoms. The number of nitrogens with one attached hydrogen (secondary N) is 2. The second kappa shape index (κ2) is 11.0. The maximum Gasteiger partial charge on any atom is 0.247 e. The molecule has 2 saturated carbocycles. The summed E-state index contributed by atoms with van der Waals surface area (Å²) >= 11 is 6.30. The van der Waals surface area contributed by atoms with Crippen LogP contribution in [-0.2, 0) is 0 Å². The zero-order chi connectivity index (χ0) is 28.6. The van der Waals surface area contributed by atoms with Crippen molar-refractivity contribution >= 4 is 28.8 Å². The summed E-state index contributed by atoms with van der Waals surface area (Å²) in [5.74, 6) is 1.13. The summed E-state index contributed by atoms with van der Waals surface area (Å²) in [6.45, 7) is 4.13. The normalized spacial score (nSPS) is 27.6. The number of nitrogens with two attached hydrogens (primary N) is 2. The fourth-order valence-corrected chi connectivity index (χ4v) is 6.67. The number of aromatic amines is 2. The van der Waals surface area contributed by atoms with Crippen LogP contribution in [0.4, 0.5) is 5.69 Å². The van der Waals surface area contributed by atoms with E-state index in [1.807, 2.05) is 19.2 Å². The fourth-order valence-electron chi connectivity index (χ4n) is 6.45. The molecule has 0 spiro atoms. The first-order valence-electron chi connectivity index (χ1n) is 13.5. The summed E-state index contributed by atoms with van der Waals surface area (Å²) in [6, 6.07) is 9.55. The van der Waals surface area contributed by atoms with Crippen LogP contribution in [0.1, 0.15) is 45.2 Å². The molecule has 2 aliphatic rings. The Kier molecular flexibility index (Phi) is 7.61. The van der Waals surface area contributed by atoms with E-state index in [2.05, 4.69) is 21.9 Å². The monoisotopic (exact) mass is 562 g/mol. The molecule has 0 amide bonds. The SMILES string of the molecule is CC1CC2CC(CC(C)(O)C2)C1N=C(/C(=C\N)C(N)=Nc1ccc(O)cc1Cl)c1cc(-c2ccc(=O)[nH]c2)c[nH]1. The second-order valence-electron chi connectivity index (χ2n) is 11.4. The number of aromatic hydroxyl groups is 1. The number of fused-ring (bicyclic) bond motifs is 2. The lowest BCUT2D eigenvalue weighted by molar-refractivity contribution is -0.0524. The van der Waals surface area contributed by atoms with Gasteiger partial charge in [-0.2, -0.15) is 0 Å². The minimum Gasteiger partial charge on any atom is -0.508 e.